The lowest BCUT2D eigenvalue weighted by Gasteiger charge is -2.21. The van der Waals surface area contributed by atoms with E-state index in [-0.39, 0.29) is 12.5 Å². The van der Waals surface area contributed by atoms with E-state index >= 15 is 0 Å². The van der Waals surface area contributed by atoms with Crippen LogP contribution in [0.3, 0.4) is 0 Å². The zero-order chi connectivity index (χ0) is 14.0. The fourth-order valence-electron chi connectivity index (χ4n) is 1.60. The SMILES string of the molecule is Cc1ccc(C(C)(O)CNC(=O)c2sccc2Br)o1. The van der Waals surface area contributed by atoms with E-state index in [2.05, 4.69) is 21.2 Å². The molecule has 19 heavy (non-hydrogen) atoms. The third-order valence-electron chi connectivity index (χ3n) is 2.69. The first-order valence-corrected chi connectivity index (χ1v) is 7.38. The summed E-state index contributed by atoms with van der Waals surface area (Å²) in [7, 11) is 0. The van der Waals surface area contributed by atoms with Gasteiger partial charge in [0.25, 0.3) is 5.91 Å². The molecule has 2 aromatic rings. The summed E-state index contributed by atoms with van der Waals surface area (Å²) < 4.78 is 6.14. The molecule has 2 heterocycles. The van der Waals surface area contributed by atoms with E-state index in [4.69, 9.17) is 4.42 Å². The van der Waals surface area contributed by atoms with E-state index < -0.39 is 5.60 Å². The quantitative estimate of drug-likeness (QED) is 0.896. The van der Waals surface area contributed by atoms with Crippen molar-refractivity contribution in [2.75, 3.05) is 6.54 Å². The summed E-state index contributed by atoms with van der Waals surface area (Å²) in [6.07, 6.45) is 0. The van der Waals surface area contributed by atoms with E-state index in [9.17, 15) is 9.90 Å². The minimum Gasteiger partial charge on any atom is -0.463 e. The summed E-state index contributed by atoms with van der Waals surface area (Å²) >= 11 is 4.65. The normalized spacial score (nSPS) is 14.1. The van der Waals surface area contributed by atoms with E-state index in [0.29, 0.717) is 10.6 Å². The largest absolute Gasteiger partial charge is 0.463 e. The molecule has 0 aliphatic carbocycles. The second kappa shape index (κ2) is 5.48. The van der Waals surface area contributed by atoms with Crippen LogP contribution in [0.15, 0.2) is 32.5 Å². The molecule has 0 spiro atoms. The molecule has 0 aliphatic rings. The summed E-state index contributed by atoms with van der Waals surface area (Å²) in [4.78, 5) is 12.5. The molecule has 0 saturated heterocycles. The van der Waals surface area contributed by atoms with Gasteiger partial charge in [0, 0.05) is 4.47 Å². The molecule has 1 amide bonds. The number of aryl methyl sites for hydroxylation is 1. The highest BCUT2D eigenvalue weighted by Gasteiger charge is 2.28. The molecular weight excluding hydrogens is 330 g/mol. The Morgan fingerprint density at radius 2 is 2.26 bits per heavy atom. The van der Waals surface area contributed by atoms with Gasteiger partial charge in [0.1, 0.15) is 22.0 Å². The number of aliphatic hydroxyl groups is 1. The van der Waals surface area contributed by atoms with Gasteiger partial charge in [-0.1, -0.05) is 0 Å². The molecule has 0 fully saturated rings. The molecule has 2 aromatic heterocycles. The zero-order valence-electron chi connectivity index (χ0n) is 10.6. The van der Waals surface area contributed by atoms with Crippen molar-refractivity contribution in [1.82, 2.24) is 5.32 Å². The fourth-order valence-corrected chi connectivity index (χ4v) is 3.07. The average Bonchev–Trinajstić information content (AvgIpc) is 2.95. The van der Waals surface area contributed by atoms with Gasteiger partial charge in [-0.05, 0) is 53.4 Å². The van der Waals surface area contributed by atoms with Gasteiger partial charge in [-0.2, -0.15) is 0 Å². The average molecular weight is 344 g/mol. The number of furan rings is 1. The Balaban J connectivity index is 2.02. The molecule has 4 nitrogen and oxygen atoms in total. The van der Waals surface area contributed by atoms with Crippen LogP contribution in [0.1, 0.15) is 28.1 Å². The lowest BCUT2D eigenvalue weighted by Crippen LogP contribution is -2.38. The van der Waals surface area contributed by atoms with Gasteiger partial charge in [0.15, 0.2) is 0 Å². The predicted octanol–water partition coefficient (Wildman–Crippen LogP) is 3.05. The number of thiophene rings is 1. The molecule has 102 valence electrons. The van der Waals surface area contributed by atoms with Crippen LogP contribution >= 0.6 is 27.3 Å². The van der Waals surface area contributed by atoms with Crippen molar-refractivity contribution >= 4 is 33.2 Å². The Kier molecular flexibility index (Phi) is 4.13. The third kappa shape index (κ3) is 3.26. The van der Waals surface area contributed by atoms with Crippen LogP contribution in [0.2, 0.25) is 0 Å². The van der Waals surface area contributed by atoms with Crippen LogP contribution in [0.4, 0.5) is 0 Å². The third-order valence-corrected chi connectivity index (χ3v) is 4.52. The van der Waals surface area contributed by atoms with Crippen LogP contribution in [0.5, 0.6) is 0 Å². The molecule has 2 N–H and O–H groups in total. The van der Waals surface area contributed by atoms with Gasteiger partial charge in [-0.25, -0.2) is 0 Å². The topological polar surface area (TPSA) is 62.5 Å². The Morgan fingerprint density at radius 3 is 2.79 bits per heavy atom. The van der Waals surface area contributed by atoms with Crippen LogP contribution < -0.4 is 5.32 Å². The summed E-state index contributed by atoms with van der Waals surface area (Å²) in [5, 5.41) is 14.8. The predicted molar refractivity (Wildman–Crippen MR) is 77.4 cm³/mol. The number of hydrogen-bond donors (Lipinski definition) is 2. The van der Waals surface area contributed by atoms with Crippen molar-refractivity contribution in [2.24, 2.45) is 0 Å². The molecule has 0 radical (unpaired) electrons. The van der Waals surface area contributed by atoms with Gasteiger partial charge in [-0.15, -0.1) is 11.3 Å². The Hall–Kier alpha value is -1.11. The van der Waals surface area contributed by atoms with Gasteiger partial charge in [0.2, 0.25) is 0 Å². The summed E-state index contributed by atoms with van der Waals surface area (Å²) in [6, 6.07) is 5.30. The van der Waals surface area contributed by atoms with Crippen LogP contribution in [-0.4, -0.2) is 17.6 Å². The first-order valence-electron chi connectivity index (χ1n) is 5.70. The molecular formula is C13H14BrNO3S. The maximum atomic E-state index is 11.9. The first kappa shape index (κ1) is 14.3. The van der Waals surface area contributed by atoms with E-state index in [1.807, 2.05) is 11.4 Å². The molecule has 2 rings (SSSR count). The van der Waals surface area contributed by atoms with Crippen molar-refractivity contribution in [1.29, 1.82) is 0 Å². The second-order valence-corrected chi connectivity index (χ2v) is 6.23. The summed E-state index contributed by atoms with van der Waals surface area (Å²) in [5.41, 5.74) is -1.23. The summed E-state index contributed by atoms with van der Waals surface area (Å²) in [6.45, 7) is 3.50. The molecule has 1 atom stereocenters. The van der Waals surface area contributed by atoms with Crippen LogP contribution in [-0.2, 0) is 5.60 Å². The molecule has 0 saturated carbocycles. The number of nitrogens with one attached hydrogen (secondary N) is 1. The maximum absolute atomic E-state index is 11.9. The Bertz CT molecular complexity index is 588. The number of carbonyl (C=O) groups is 1. The highest BCUT2D eigenvalue weighted by Crippen LogP contribution is 2.24. The minimum atomic E-state index is -1.23. The second-order valence-electron chi connectivity index (χ2n) is 4.46. The molecule has 0 aliphatic heterocycles. The number of halogens is 1. The standard InChI is InChI=1S/C13H14BrNO3S/c1-8-3-4-10(18-8)13(2,17)7-15-12(16)11-9(14)5-6-19-11/h3-6,17H,7H2,1-2H3,(H,15,16). The first-order chi connectivity index (χ1) is 8.90. The Morgan fingerprint density at radius 1 is 1.53 bits per heavy atom. The smallest absolute Gasteiger partial charge is 0.262 e. The van der Waals surface area contributed by atoms with E-state index in [1.54, 1.807) is 26.0 Å². The van der Waals surface area contributed by atoms with Gasteiger partial charge < -0.3 is 14.8 Å². The van der Waals surface area contributed by atoms with E-state index in [1.165, 1.54) is 11.3 Å². The van der Waals surface area contributed by atoms with Crippen molar-refractivity contribution in [3.8, 4) is 0 Å². The van der Waals surface area contributed by atoms with Crippen molar-refractivity contribution < 1.29 is 14.3 Å². The molecule has 0 aromatic carbocycles. The minimum absolute atomic E-state index is 0.0864. The zero-order valence-corrected chi connectivity index (χ0v) is 13.0. The van der Waals surface area contributed by atoms with Gasteiger partial charge in [0.05, 0.1) is 6.54 Å². The highest BCUT2D eigenvalue weighted by molar-refractivity contribution is 9.10. The van der Waals surface area contributed by atoms with Crippen LogP contribution in [0.25, 0.3) is 0 Å². The number of carbonyl (C=O) groups excluding carboxylic acids is 1. The van der Waals surface area contributed by atoms with Crippen LogP contribution in [0, 0.1) is 6.92 Å². The van der Waals surface area contributed by atoms with Gasteiger partial charge in [-0.3, -0.25) is 4.79 Å². The highest BCUT2D eigenvalue weighted by atomic mass is 79.9. The number of hydrogen-bond acceptors (Lipinski definition) is 4. The lowest BCUT2D eigenvalue weighted by molar-refractivity contribution is 0.0324. The van der Waals surface area contributed by atoms with Crippen molar-refractivity contribution in [3.05, 3.63) is 44.4 Å². The lowest BCUT2D eigenvalue weighted by atomic mass is 10.0. The maximum Gasteiger partial charge on any atom is 0.262 e. The van der Waals surface area contributed by atoms with Crippen molar-refractivity contribution in [3.63, 3.8) is 0 Å². The molecule has 0 bridgehead atoms. The van der Waals surface area contributed by atoms with Crippen molar-refractivity contribution in [2.45, 2.75) is 19.4 Å². The van der Waals surface area contributed by atoms with E-state index in [0.717, 1.165) is 10.2 Å². The van der Waals surface area contributed by atoms with Gasteiger partial charge >= 0.3 is 0 Å². The monoisotopic (exact) mass is 343 g/mol. The number of amides is 1. The fraction of sp³-hybridized carbons (Fsp3) is 0.308. The summed E-state index contributed by atoms with van der Waals surface area (Å²) in [5.74, 6) is 0.948. The molecule has 6 heteroatoms. The molecule has 1 unspecified atom stereocenters. The number of rotatable bonds is 4. The Labute approximate surface area is 123 Å².